The van der Waals surface area contributed by atoms with Crippen molar-refractivity contribution in [2.45, 2.75) is 140 Å². The van der Waals surface area contributed by atoms with Gasteiger partial charge < -0.3 is 46.3 Å². The Labute approximate surface area is 470 Å². The van der Waals surface area contributed by atoms with E-state index in [1.807, 2.05) is 32.0 Å². The average molecular weight is 1150 g/mol. The molecule has 0 spiro atoms. The van der Waals surface area contributed by atoms with Crippen LogP contribution in [-0.2, 0) is 58.1 Å². The predicted octanol–water partition coefficient (Wildman–Crippen LogP) is 3.58. The molecule has 0 radical (unpaired) electrons. The van der Waals surface area contributed by atoms with Crippen molar-refractivity contribution in [3.63, 3.8) is 0 Å². The SMILES string of the molecule is CC(C)c1ccc(CNC(=O)[C@H](CCC(N)=O)NC(=O)[C@@H]2CC[C@@H]3CCN(C(=O)C4CCC(CCc5ccc6c(c5)n(C)c(=O)n6C5CCC(=O)NC5=O)CC4)C[C@H](NC(=O)c4cc5cc(C(=O)P(=O)(O)O)ccc5[nH]4)C(=O)N32)cc1F. The number of amides is 8. The number of fused-ring (bicyclic) bond motifs is 3. The number of halogens is 1. The molecule has 5 atom stereocenters. The number of aromatic amines is 1. The topological polar surface area (TPSA) is 335 Å². The van der Waals surface area contributed by atoms with Gasteiger partial charge in [0, 0.05) is 67.9 Å². The Morgan fingerprint density at radius 2 is 1.61 bits per heavy atom. The highest BCUT2D eigenvalue weighted by molar-refractivity contribution is 7.70. The van der Waals surface area contributed by atoms with Gasteiger partial charge in [-0.1, -0.05) is 32.0 Å². The van der Waals surface area contributed by atoms with E-state index in [1.54, 1.807) is 24.1 Å². The number of nitrogens with two attached hydrogens (primary N) is 1. The molecular weight excluding hydrogens is 1080 g/mol. The zero-order chi connectivity index (χ0) is 58.9. The van der Waals surface area contributed by atoms with E-state index < -0.39 is 84.6 Å². The Morgan fingerprint density at radius 1 is 0.866 bits per heavy atom. The number of hydrogen-bond donors (Lipinski definition) is 8. The highest BCUT2D eigenvalue weighted by atomic mass is 31.2. The number of rotatable bonds is 18. The van der Waals surface area contributed by atoms with Gasteiger partial charge in [0.05, 0.1) is 11.0 Å². The first-order valence-electron chi connectivity index (χ1n) is 27.8. The van der Waals surface area contributed by atoms with Crippen molar-refractivity contribution < 1.29 is 61.9 Å². The first kappa shape index (κ1) is 58.8. The summed E-state index contributed by atoms with van der Waals surface area (Å²) in [5, 5.41) is 10.8. The smallest absolute Gasteiger partial charge is 0.370 e. The van der Waals surface area contributed by atoms with E-state index in [9.17, 15) is 61.9 Å². The Bertz CT molecular complexity index is 3500. The molecule has 0 bridgehead atoms. The Hall–Kier alpha value is -7.82. The first-order valence-corrected chi connectivity index (χ1v) is 29.4. The Balaban J connectivity index is 0.893. The molecule has 5 heterocycles. The van der Waals surface area contributed by atoms with Crippen LogP contribution in [0.1, 0.15) is 140 Å². The highest BCUT2D eigenvalue weighted by Gasteiger charge is 2.47. The van der Waals surface area contributed by atoms with Gasteiger partial charge in [-0.05, 0) is 142 Å². The number of aromatic nitrogens is 3. The molecule has 4 fully saturated rings. The van der Waals surface area contributed by atoms with E-state index in [1.165, 1.54) is 44.4 Å². The van der Waals surface area contributed by atoms with Crippen LogP contribution in [0.3, 0.4) is 0 Å². The van der Waals surface area contributed by atoms with Gasteiger partial charge in [0.2, 0.25) is 41.4 Å². The molecule has 25 heteroatoms. The average Bonchev–Trinajstić information content (AvgIpc) is 4.27. The molecule has 8 amide bonds. The van der Waals surface area contributed by atoms with Gasteiger partial charge in [-0.2, -0.15) is 0 Å². The summed E-state index contributed by atoms with van der Waals surface area (Å²) in [6, 6.07) is 10.3. The number of carbonyl (C=O) groups excluding carboxylic acids is 9. The molecule has 1 unspecified atom stereocenters. The molecule has 3 aliphatic heterocycles. The van der Waals surface area contributed by atoms with Crippen LogP contribution in [0.25, 0.3) is 21.9 Å². The molecule has 1 aliphatic carbocycles. The van der Waals surface area contributed by atoms with Crippen molar-refractivity contribution in [2.75, 3.05) is 13.1 Å². The number of imide groups is 1. The molecule has 4 aliphatic rings. The molecular formula is C57H68FN10O13P. The number of imidazole rings is 1. The Kier molecular flexibility index (Phi) is 17.5. The molecule has 2 aromatic heterocycles. The van der Waals surface area contributed by atoms with Crippen molar-refractivity contribution in [2.24, 2.45) is 24.6 Å². The fourth-order valence-corrected chi connectivity index (χ4v) is 12.6. The number of nitrogens with zero attached hydrogens (tertiary/aromatic N) is 4. The fourth-order valence-electron chi connectivity index (χ4n) is 12.1. The van der Waals surface area contributed by atoms with Gasteiger partial charge in [0.15, 0.2) is 0 Å². The van der Waals surface area contributed by atoms with Gasteiger partial charge in [-0.15, -0.1) is 0 Å². The van der Waals surface area contributed by atoms with Gasteiger partial charge in [0.25, 0.3) is 11.4 Å². The molecule has 23 nitrogen and oxygen atoms in total. The van der Waals surface area contributed by atoms with Gasteiger partial charge >= 0.3 is 13.3 Å². The maximum Gasteiger partial charge on any atom is 0.396 e. The van der Waals surface area contributed by atoms with Crippen molar-refractivity contribution >= 4 is 82.3 Å². The van der Waals surface area contributed by atoms with Crippen LogP contribution < -0.4 is 32.7 Å². The summed E-state index contributed by atoms with van der Waals surface area (Å²) in [5.41, 5.74) is 6.90. The van der Waals surface area contributed by atoms with Crippen LogP contribution in [0.4, 0.5) is 4.39 Å². The minimum Gasteiger partial charge on any atom is -0.370 e. The summed E-state index contributed by atoms with van der Waals surface area (Å²) in [4.78, 5) is 159. The number of nitrogens with one attached hydrogen (secondary N) is 5. The number of hydrogen-bond acceptors (Lipinski definition) is 11. The lowest BCUT2D eigenvalue weighted by molar-refractivity contribution is -0.147. The maximum atomic E-state index is 15.1. The number of H-pyrrole nitrogens is 1. The summed E-state index contributed by atoms with van der Waals surface area (Å²) < 4.78 is 29.5. The summed E-state index contributed by atoms with van der Waals surface area (Å²) in [5.74, 6) is -5.24. The lowest BCUT2D eigenvalue weighted by Crippen LogP contribution is -2.62. The number of primary amides is 1. The summed E-state index contributed by atoms with van der Waals surface area (Å²) in [6.45, 7) is 3.52. The zero-order valence-corrected chi connectivity index (χ0v) is 46.7. The summed E-state index contributed by atoms with van der Waals surface area (Å²) >= 11 is 0. The second-order valence-corrected chi connectivity index (χ2v) is 24.0. The second-order valence-electron chi connectivity index (χ2n) is 22.5. The lowest BCUT2D eigenvalue weighted by atomic mass is 9.79. The maximum absolute atomic E-state index is 15.1. The molecule has 9 rings (SSSR count). The second kappa shape index (κ2) is 24.3. The van der Waals surface area contributed by atoms with E-state index in [4.69, 9.17) is 5.73 Å². The monoisotopic (exact) mass is 1150 g/mol. The third-order valence-electron chi connectivity index (χ3n) is 16.7. The fraction of sp³-hybridized carbons (Fsp3) is 0.474. The molecule has 5 aromatic rings. The summed E-state index contributed by atoms with van der Waals surface area (Å²) in [7, 11) is -3.49. The molecule has 3 aromatic carbocycles. The number of carbonyl (C=O) groups is 9. The predicted molar refractivity (Wildman–Crippen MR) is 296 cm³/mol. The van der Waals surface area contributed by atoms with Crippen LogP contribution in [0.15, 0.2) is 65.5 Å². The zero-order valence-electron chi connectivity index (χ0n) is 45.8. The van der Waals surface area contributed by atoms with Gasteiger partial charge in [-0.3, -0.25) is 62.2 Å². The first-order chi connectivity index (χ1) is 38.9. The standard InChI is InChI=1S/C57H68FN10O13P/c1-30(2)38-14-8-33(24-39(38)58)28-60-50(71)41(16-20-48(59)69)62-52(73)45-18-13-37-22-23-66(29-43(55(76)67(37)45)63-51(72)42-27-36-26-35(12-15-40(36)61-42)56(77)82(79,80)81)54(75)34-10-6-31(7-11-34)4-5-32-9-17-44-47(25-32)65(3)57(78)68(44)46-19-21-49(70)64-53(46)74/h8-9,12,14-15,17,24-27,30-31,34,37,41,43,45-46,61H,4-7,10-11,13,16,18-23,28-29H2,1-3H3,(H2,59,69)(H,60,71)(H,62,73)(H,63,72)(H,64,70,74)(H2,79,80,81)/t31?,34?,37-,41+,43+,45+,46?/m1/s1. The largest absolute Gasteiger partial charge is 0.396 e. The van der Waals surface area contributed by atoms with Gasteiger partial charge in [0.1, 0.15) is 35.7 Å². The van der Waals surface area contributed by atoms with Crippen molar-refractivity contribution in [3.8, 4) is 0 Å². The molecule has 9 N–H and O–H groups in total. The molecule has 3 saturated heterocycles. The van der Waals surface area contributed by atoms with Gasteiger partial charge in [-0.25, -0.2) is 9.18 Å². The Morgan fingerprint density at radius 3 is 2.30 bits per heavy atom. The quantitative estimate of drug-likeness (QED) is 0.0460. The normalized spacial score (nSPS) is 21.9. The van der Waals surface area contributed by atoms with E-state index in [2.05, 4.69) is 26.3 Å². The third kappa shape index (κ3) is 12.8. The van der Waals surface area contributed by atoms with Crippen LogP contribution in [0.5, 0.6) is 0 Å². The van der Waals surface area contributed by atoms with Crippen LogP contribution >= 0.6 is 7.60 Å². The van der Waals surface area contributed by atoms with Crippen LogP contribution in [0, 0.1) is 17.7 Å². The van der Waals surface area contributed by atoms with E-state index >= 15 is 4.79 Å². The van der Waals surface area contributed by atoms with Crippen LogP contribution in [0.2, 0.25) is 0 Å². The number of aryl methyl sites for hydroxylation is 2. The number of benzene rings is 3. The third-order valence-corrected chi connectivity index (χ3v) is 17.5. The van der Waals surface area contributed by atoms with Crippen molar-refractivity contribution in [1.29, 1.82) is 0 Å². The van der Waals surface area contributed by atoms with E-state index in [0.717, 1.165) is 24.8 Å². The molecule has 436 valence electrons. The number of piperidine rings is 1. The highest BCUT2D eigenvalue weighted by Crippen LogP contribution is 2.40. The minimum absolute atomic E-state index is 0.0714. The van der Waals surface area contributed by atoms with E-state index in [-0.39, 0.29) is 104 Å². The summed E-state index contributed by atoms with van der Waals surface area (Å²) in [6.07, 6.45) is 4.83. The molecule has 82 heavy (non-hydrogen) atoms. The van der Waals surface area contributed by atoms with Crippen molar-refractivity contribution in [1.82, 2.24) is 45.2 Å². The lowest BCUT2D eigenvalue weighted by Gasteiger charge is -2.40. The minimum atomic E-state index is -5.13. The molecule has 1 saturated carbocycles. The van der Waals surface area contributed by atoms with E-state index in [0.29, 0.717) is 59.8 Å². The van der Waals surface area contributed by atoms with Crippen molar-refractivity contribution in [3.05, 3.63) is 105 Å². The van der Waals surface area contributed by atoms with Crippen LogP contribution in [-0.4, -0.2) is 124 Å².